The van der Waals surface area contributed by atoms with E-state index in [1.807, 2.05) is 13.8 Å². The molecule has 1 heterocycles. The lowest BCUT2D eigenvalue weighted by molar-refractivity contribution is -0.00770. The fourth-order valence-corrected chi connectivity index (χ4v) is 4.67. The van der Waals surface area contributed by atoms with Gasteiger partial charge < -0.3 is 10.5 Å². The van der Waals surface area contributed by atoms with Crippen LogP contribution in [0.2, 0.25) is 5.02 Å². The van der Waals surface area contributed by atoms with Crippen LogP contribution in [0, 0.1) is 0 Å². The molecule has 0 unspecified atom stereocenters. The summed E-state index contributed by atoms with van der Waals surface area (Å²) in [6.07, 6.45) is 0. The summed E-state index contributed by atoms with van der Waals surface area (Å²) in [5, 5.41) is 0.114. The summed E-state index contributed by atoms with van der Waals surface area (Å²) in [7, 11) is -3.71. The first kappa shape index (κ1) is 16.6. The molecule has 2 N–H and O–H groups in total. The predicted molar refractivity (Wildman–Crippen MR) is 86.1 cm³/mol. The van der Waals surface area contributed by atoms with Crippen LogP contribution in [0.25, 0.3) is 0 Å². The molecule has 1 aliphatic rings. The molecule has 0 saturated carbocycles. The van der Waals surface area contributed by atoms with Crippen molar-refractivity contribution in [2.24, 2.45) is 5.73 Å². The molecule has 2 rings (SSSR count). The Balaban J connectivity index is 2.47. The van der Waals surface area contributed by atoms with Crippen molar-refractivity contribution in [3.63, 3.8) is 0 Å². The second kappa shape index (κ2) is 5.81. The Morgan fingerprint density at radius 3 is 2.67 bits per heavy atom. The van der Waals surface area contributed by atoms with E-state index in [4.69, 9.17) is 34.3 Å². The van der Waals surface area contributed by atoms with Gasteiger partial charge in [0.15, 0.2) is 0 Å². The molecule has 5 nitrogen and oxygen atoms in total. The second-order valence-corrected chi connectivity index (χ2v) is 8.13. The van der Waals surface area contributed by atoms with E-state index in [-0.39, 0.29) is 14.9 Å². The molecule has 1 fully saturated rings. The van der Waals surface area contributed by atoms with Crippen molar-refractivity contribution in [2.45, 2.75) is 24.3 Å². The van der Waals surface area contributed by atoms with Gasteiger partial charge in [0.25, 0.3) is 0 Å². The average molecular weight is 349 g/mol. The van der Waals surface area contributed by atoms with Crippen LogP contribution in [0.5, 0.6) is 0 Å². The Labute approximate surface area is 135 Å². The molecule has 0 aliphatic carbocycles. The zero-order valence-electron chi connectivity index (χ0n) is 11.8. The Morgan fingerprint density at radius 1 is 1.48 bits per heavy atom. The van der Waals surface area contributed by atoms with Gasteiger partial charge in [0.05, 0.1) is 23.8 Å². The third-order valence-corrected chi connectivity index (χ3v) is 6.18. The van der Waals surface area contributed by atoms with Crippen molar-refractivity contribution >= 4 is 38.8 Å². The summed E-state index contributed by atoms with van der Waals surface area (Å²) in [5.74, 6) is 0. The molecule has 0 bridgehead atoms. The molecular weight excluding hydrogens is 332 g/mol. The van der Waals surface area contributed by atoms with Gasteiger partial charge >= 0.3 is 0 Å². The maximum atomic E-state index is 12.8. The van der Waals surface area contributed by atoms with E-state index < -0.39 is 15.6 Å². The number of halogens is 1. The van der Waals surface area contributed by atoms with Crippen molar-refractivity contribution in [1.29, 1.82) is 0 Å². The number of nitrogens with zero attached hydrogens (tertiary/aromatic N) is 1. The summed E-state index contributed by atoms with van der Waals surface area (Å²) in [6, 6.07) is 4.48. The van der Waals surface area contributed by atoms with Crippen LogP contribution in [0.1, 0.15) is 19.4 Å². The quantitative estimate of drug-likeness (QED) is 0.843. The smallest absolute Gasteiger partial charge is 0.245 e. The van der Waals surface area contributed by atoms with Crippen molar-refractivity contribution < 1.29 is 13.2 Å². The van der Waals surface area contributed by atoms with E-state index in [1.165, 1.54) is 16.4 Å². The maximum Gasteiger partial charge on any atom is 0.245 e. The fourth-order valence-electron chi connectivity index (χ4n) is 2.27. The van der Waals surface area contributed by atoms with Crippen molar-refractivity contribution in [3.8, 4) is 0 Å². The van der Waals surface area contributed by atoms with Crippen LogP contribution in [0.4, 0.5) is 0 Å². The third-order valence-electron chi connectivity index (χ3n) is 3.35. The number of thiocarbonyl (C=S) groups is 1. The summed E-state index contributed by atoms with van der Waals surface area (Å²) in [4.78, 5) is 0.228. The van der Waals surface area contributed by atoms with Crippen molar-refractivity contribution in [2.75, 3.05) is 19.8 Å². The largest absolute Gasteiger partial charge is 0.389 e. The van der Waals surface area contributed by atoms with Crippen LogP contribution in [-0.4, -0.2) is 43.0 Å². The van der Waals surface area contributed by atoms with E-state index in [0.29, 0.717) is 25.3 Å². The molecule has 0 aromatic heterocycles. The van der Waals surface area contributed by atoms with Gasteiger partial charge in [0.1, 0.15) is 9.88 Å². The molecule has 0 atom stereocenters. The number of benzene rings is 1. The summed E-state index contributed by atoms with van der Waals surface area (Å²) in [6.45, 7) is 4.64. The minimum absolute atomic E-state index is 0.0548. The number of ether oxygens (including phenoxy) is 1. The lowest BCUT2D eigenvalue weighted by atomic mass is 10.1. The van der Waals surface area contributed by atoms with Crippen LogP contribution in [-0.2, 0) is 14.8 Å². The van der Waals surface area contributed by atoms with Crippen LogP contribution < -0.4 is 5.73 Å². The van der Waals surface area contributed by atoms with E-state index >= 15 is 0 Å². The number of hydrogen-bond acceptors (Lipinski definition) is 4. The highest BCUT2D eigenvalue weighted by Crippen LogP contribution is 2.31. The molecule has 1 aromatic rings. The lowest BCUT2D eigenvalue weighted by Gasteiger charge is -2.40. The number of hydrogen-bond donors (Lipinski definition) is 1. The van der Waals surface area contributed by atoms with E-state index in [2.05, 4.69) is 0 Å². The average Bonchev–Trinajstić information content (AvgIpc) is 2.37. The van der Waals surface area contributed by atoms with Crippen LogP contribution in [0.15, 0.2) is 23.1 Å². The van der Waals surface area contributed by atoms with E-state index in [0.717, 1.165) is 0 Å². The molecule has 21 heavy (non-hydrogen) atoms. The van der Waals surface area contributed by atoms with E-state index in [9.17, 15) is 8.42 Å². The van der Waals surface area contributed by atoms with Gasteiger partial charge in [-0.1, -0.05) is 29.9 Å². The number of rotatable bonds is 3. The predicted octanol–water partition coefficient (Wildman–Crippen LogP) is 1.77. The first-order valence-corrected chi connectivity index (χ1v) is 8.59. The van der Waals surface area contributed by atoms with Crippen molar-refractivity contribution in [3.05, 3.63) is 28.8 Å². The highest BCUT2D eigenvalue weighted by atomic mass is 35.5. The molecule has 1 aliphatic heterocycles. The Kier molecular flexibility index (Phi) is 4.60. The van der Waals surface area contributed by atoms with Gasteiger partial charge in [-0.3, -0.25) is 0 Å². The lowest BCUT2D eigenvalue weighted by Crippen LogP contribution is -2.55. The summed E-state index contributed by atoms with van der Waals surface area (Å²) >= 11 is 11.0. The second-order valence-electron chi connectivity index (χ2n) is 5.45. The zero-order valence-corrected chi connectivity index (χ0v) is 14.2. The minimum atomic E-state index is -3.71. The van der Waals surface area contributed by atoms with Gasteiger partial charge in [0, 0.05) is 12.1 Å². The fraction of sp³-hybridized carbons (Fsp3) is 0.462. The van der Waals surface area contributed by atoms with Crippen LogP contribution >= 0.6 is 23.8 Å². The van der Waals surface area contributed by atoms with E-state index in [1.54, 1.807) is 6.07 Å². The number of nitrogens with two attached hydrogens (primary N) is 1. The molecule has 1 aromatic carbocycles. The molecule has 0 amide bonds. The molecule has 1 saturated heterocycles. The molecular formula is C13H17ClN2O3S2. The highest BCUT2D eigenvalue weighted by molar-refractivity contribution is 7.89. The van der Waals surface area contributed by atoms with Gasteiger partial charge in [-0.25, -0.2) is 8.42 Å². The first-order valence-electron chi connectivity index (χ1n) is 6.36. The topological polar surface area (TPSA) is 72.6 Å². The Hall–Kier alpha value is -0.730. The summed E-state index contributed by atoms with van der Waals surface area (Å²) in [5.41, 5.74) is 5.44. The Bertz CT molecular complexity index is 674. The maximum absolute atomic E-state index is 12.8. The van der Waals surface area contributed by atoms with Crippen molar-refractivity contribution in [1.82, 2.24) is 4.31 Å². The third kappa shape index (κ3) is 3.22. The SMILES string of the molecule is CC1(C)COCCN1S(=O)(=O)c1ccc(C(N)=S)cc1Cl. The van der Waals surface area contributed by atoms with Gasteiger partial charge in [-0.2, -0.15) is 4.31 Å². The monoisotopic (exact) mass is 348 g/mol. The standard InChI is InChI=1S/C13H17ClN2O3S2/c1-13(2)8-19-6-5-16(13)21(17,18)11-4-3-9(12(15)20)7-10(11)14/h3-4,7H,5-6,8H2,1-2H3,(H2,15,20). The molecule has 116 valence electrons. The molecule has 8 heteroatoms. The Morgan fingerprint density at radius 2 is 2.14 bits per heavy atom. The van der Waals surface area contributed by atoms with Crippen LogP contribution in [0.3, 0.4) is 0 Å². The van der Waals surface area contributed by atoms with Gasteiger partial charge in [-0.05, 0) is 26.0 Å². The molecule has 0 spiro atoms. The van der Waals surface area contributed by atoms with Gasteiger partial charge in [-0.15, -0.1) is 0 Å². The minimum Gasteiger partial charge on any atom is -0.389 e. The zero-order chi connectivity index (χ0) is 15.8. The first-order chi connectivity index (χ1) is 9.66. The van der Waals surface area contributed by atoms with Gasteiger partial charge in [0.2, 0.25) is 10.0 Å². The number of morpholine rings is 1. The normalized spacial score (nSPS) is 19.4. The number of sulfonamides is 1. The summed E-state index contributed by atoms with van der Waals surface area (Å²) < 4.78 is 32.4. The highest BCUT2D eigenvalue weighted by Gasteiger charge is 2.40. The molecule has 0 radical (unpaired) electrons.